The number of hydrogen-bond acceptors (Lipinski definition) is 5. The Bertz CT molecular complexity index is 875. The van der Waals surface area contributed by atoms with Gasteiger partial charge in [-0.15, -0.1) is 0 Å². The Hall–Kier alpha value is -2.00. The summed E-state index contributed by atoms with van der Waals surface area (Å²) in [6, 6.07) is 2.64. The quantitative estimate of drug-likeness (QED) is 0.628. The molecule has 0 bridgehead atoms. The largest absolute Gasteiger partial charge is 0.382 e. The summed E-state index contributed by atoms with van der Waals surface area (Å²) in [5.41, 5.74) is 0.651. The van der Waals surface area contributed by atoms with Crippen LogP contribution in [0.2, 0.25) is 0 Å². The van der Waals surface area contributed by atoms with E-state index in [4.69, 9.17) is 5.41 Å². The highest BCUT2D eigenvalue weighted by atomic mass is 32.2. The summed E-state index contributed by atoms with van der Waals surface area (Å²) in [4.78, 5) is 12.4. The number of nitrogens with zero attached hydrogens (tertiary/aromatic N) is 1. The molecule has 7 nitrogen and oxygen atoms in total. The maximum atomic E-state index is 14.7. The fourth-order valence-electron chi connectivity index (χ4n) is 3.57. The van der Waals surface area contributed by atoms with Crippen LogP contribution in [0.4, 0.5) is 10.1 Å². The number of nitrogens with one attached hydrogen (secondary N) is 3. The minimum Gasteiger partial charge on any atom is -0.382 e. The minimum atomic E-state index is -3.96. The standard InChI is InChI=1S/C19H27FN4O3S/c1-12-4-6-14(7-5-12)22-18-11-17(20)16(10-15(18)13(2)21)19(25)23-28(26,27)24-8-3-9-24/h10-12,14,21-22H,3-9H2,1-2H3,(H,23,25). The number of rotatable bonds is 6. The van der Waals surface area contributed by atoms with Gasteiger partial charge in [-0.3, -0.25) is 4.79 Å². The third-order valence-electron chi connectivity index (χ3n) is 5.51. The Labute approximate surface area is 165 Å². The summed E-state index contributed by atoms with van der Waals surface area (Å²) in [5, 5.41) is 11.3. The van der Waals surface area contributed by atoms with Crippen LogP contribution in [0.5, 0.6) is 0 Å². The van der Waals surface area contributed by atoms with E-state index in [2.05, 4.69) is 12.2 Å². The average Bonchev–Trinajstić information content (AvgIpc) is 2.54. The van der Waals surface area contributed by atoms with E-state index in [1.807, 2.05) is 4.72 Å². The van der Waals surface area contributed by atoms with Crippen molar-refractivity contribution in [2.75, 3.05) is 18.4 Å². The van der Waals surface area contributed by atoms with Gasteiger partial charge in [0.15, 0.2) is 0 Å². The van der Waals surface area contributed by atoms with Crippen molar-refractivity contribution in [2.45, 2.75) is 52.0 Å². The molecule has 0 spiro atoms. The molecule has 1 aliphatic heterocycles. The predicted molar refractivity (Wildman–Crippen MR) is 107 cm³/mol. The van der Waals surface area contributed by atoms with Gasteiger partial charge in [0.05, 0.1) is 5.56 Å². The Balaban J connectivity index is 1.82. The Morgan fingerprint density at radius 1 is 1.18 bits per heavy atom. The van der Waals surface area contributed by atoms with E-state index < -0.39 is 21.9 Å². The van der Waals surface area contributed by atoms with E-state index in [-0.39, 0.29) is 17.3 Å². The zero-order chi connectivity index (χ0) is 20.5. The van der Waals surface area contributed by atoms with Crippen LogP contribution in [0, 0.1) is 17.1 Å². The molecule has 0 radical (unpaired) electrons. The number of halogens is 1. The van der Waals surface area contributed by atoms with Gasteiger partial charge in [0.2, 0.25) is 0 Å². The number of anilines is 1. The van der Waals surface area contributed by atoms with Gasteiger partial charge in [0.25, 0.3) is 5.91 Å². The molecule has 28 heavy (non-hydrogen) atoms. The molecule has 1 aliphatic carbocycles. The number of hydrogen-bond donors (Lipinski definition) is 3. The number of carbonyl (C=O) groups excluding carboxylic acids is 1. The highest BCUT2D eigenvalue weighted by molar-refractivity contribution is 7.87. The van der Waals surface area contributed by atoms with Crippen molar-refractivity contribution in [3.63, 3.8) is 0 Å². The summed E-state index contributed by atoms with van der Waals surface area (Å²) in [7, 11) is -3.96. The first-order chi connectivity index (χ1) is 13.2. The van der Waals surface area contributed by atoms with Crippen molar-refractivity contribution in [1.29, 1.82) is 5.41 Å². The molecule has 3 rings (SSSR count). The van der Waals surface area contributed by atoms with Crippen LogP contribution in [0.1, 0.15) is 61.9 Å². The lowest BCUT2D eigenvalue weighted by Gasteiger charge is -2.29. The second kappa shape index (κ2) is 8.16. The van der Waals surface area contributed by atoms with Gasteiger partial charge in [-0.05, 0) is 57.1 Å². The Morgan fingerprint density at radius 2 is 1.82 bits per heavy atom. The maximum absolute atomic E-state index is 14.7. The van der Waals surface area contributed by atoms with Crippen LogP contribution in [0.3, 0.4) is 0 Å². The molecule has 1 aromatic carbocycles. The molecule has 0 aromatic heterocycles. The van der Waals surface area contributed by atoms with Gasteiger partial charge in [-0.1, -0.05) is 6.92 Å². The lowest BCUT2D eigenvalue weighted by atomic mass is 9.87. The van der Waals surface area contributed by atoms with Crippen molar-refractivity contribution >= 4 is 27.5 Å². The second-order valence-corrected chi connectivity index (χ2v) is 9.46. The van der Waals surface area contributed by atoms with Gasteiger partial charge in [0, 0.05) is 36.1 Å². The van der Waals surface area contributed by atoms with Gasteiger partial charge in [-0.2, -0.15) is 12.7 Å². The molecule has 0 atom stereocenters. The van der Waals surface area contributed by atoms with E-state index in [1.54, 1.807) is 6.92 Å². The van der Waals surface area contributed by atoms with Gasteiger partial charge < -0.3 is 10.7 Å². The van der Waals surface area contributed by atoms with Crippen molar-refractivity contribution in [3.8, 4) is 0 Å². The summed E-state index contributed by atoms with van der Waals surface area (Å²) < 4.78 is 41.9. The number of benzene rings is 1. The van der Waals surface area contributed by atoms with Crippen LogP contribution < -0.4 is 10.0 Å². The average molecular weight is 411 g/mol. The molecular formula is C19H27FN4O3S. The SMILES string of the molecule is CC(=N)c1cc(C(=O)NS(=O)(=O)N2CCC2)c(F)cc1NC1CCC(C)CC1. The maximum Gasteiger partial charge on any atom is 0.304 e. The number of carbonyl (C=O) groups is 1. The monoisotopic (exact) mass is 410 g/mol. The van der Waals surface area contributed by atoms with Crippen LogP contribution in [0.15, 0.2) is 12.1 Å². The lowest BCUT2D eigenvalue weighted by Crippen LogP contribution is -2.49. The molecule has 1 saturated heterocycles. The zero-order valence-corrected chi connectivity index (χ0v) is 17.0. The fourth-order valence-corrected chi connectivity index (χ4v) is 4.78. The molecular weight excluding hydrogens is 383 g/mol. The summed E-state index contributed by atoms with van der Waals surface area (Å²) in [6.45, 7) is 4.46. The molecule has 2 fully saturated rings. The first-order valence-corrected chi connectivity index (χ1v) is 11.1. The lowest BCUT2D eigenvalue weighted by molar-refractivity contribution is 0.0974. The fraction of sp³-hybridized carbons (Fsp3) is 0.579. The van der Waals surface area contributed by atoms with Gasteiger partial charge in [-0.25, -0.2) is 9.11 Å². The smallest absolute Gasteiger partial charge is 0.304 e. The molecule has 1 amide bonds. The summed E-state index contributed by atoms with van der Waals surface area (Å²) in [6.07, 6.45) is 4.86. The van der Waals surface area contributed by atoms with Crippen LogP contribution >= 0.6 is 0 Å². The third kappa shape index (κ3) is 4.52. The van der Waals surface area contributed by atoms with E-state index in [0.717, 1.165) is 36.4 Å². The molecule has 1 heterocycles. The van der Waals surface area contributed by atoms with Crippen molar-refractivity contribution < 1.29 is 17.6 Å². The van der Waals surface area contributed by atoms with Crippen molar-refractivity contribution in [2.24, 2.45) is 5.92 Å². The molecule has 2 aliphatic rings. The first kappa shape index (κ1) is 20.7. The molecule has 154 valence electrons. The summed E-state index contributed by atoms with van der Waals surface area (Å²) in [5.74, 6) is -1.16. The van der Waals surface area contributed by atoms with Crippen molar-refractivity contribution in [1.82, 2.24) is 9.03 Å². The van der Waals surface area contributed by atoms with E-state index in [1.165, 1.54) is 12.1 Å². The van der Waals surface area contributed by atoms with Gasteiger partial charge in [0.1, 0.15) is 5.82 Å². The van der Waals surface area contributed by atoms with Crippen LogP contribution in [-0.2, 0) is 10.2 Å². The van der Waals surface area contributed by atoms with E-state index in [9.17, 15) is 17.6 Å². The van der Waals surface area contributed by atoms with Crippen LogP contribution in [0.25, 0.3) is 0 Å². The Kier molecular flexibility index (Phi) is 6.04. The molecule has 3 N–H and O–H groups in total. The minimum absolute atomic E-state index is 0.173. The van der Waals surface area contributed by atoms with E-state index >= 15 is 0 Å². The Morgan fingerprint density at radius 3 is 2.36 bits per heavy atom. The van der Waals surface area contributed by atoms with E-state index in [0.29, 0.717) is 30.3 Å². The summed E-state index contributed by atoms with van der Waals surface area (Å²) >= 11 is 0. The normalized spacial score (nSPS) is 23.0. The molecule has 9 heteroatoms. The molecule has 1 aromatic rings. The second-order valence-electron chi connectivity index (χ2n) is 7.79. The highest BCUT2D eigenvalue weighted by Crippen LogP contribution is 2.29. The molecule has 0 unspecified atom stereocenters. The zero-order valence-electron chi connectivity index (χ0n) is 16.2. The molecule has 1 saturated carbocycles. The highest BCUT2D eigenvalue weighted by Gasteiger charge is 2.30. The number of amides is 1. The predicted octanol–water partition coefficient (Wildman–Crippen LogP) is 2.88. The topological polar surface area (TPSA) is 102 Å². The third-order valence-corrected chi connectivity index (χ3v) is 7.00. The van der Waals surface area contributed by atoms with Crippen LogP contribution in [-0.4, -0.2) is 43.5 Å². The first-order valence-electron chi connectivity index (χ1n) is 9.65. The van der Waals surface area contributed by atoms with Gasteiger partial charge >= 0.3 is 10.2 Å². The van der Waals surface area contributed by atoms with Crippen molar-refractivity contribution in [3.05, 3.63) is 29.1 Å².